The average molecular weight is 318 g/mol. The number of aromatic nitrogens is 3. The van der Waals surface area contributed by atoms with Crippen molar-refractivity contribution >= 4 is 16.9 Å². The van der Waals surface area contributed by atoms with Gasteiger partial charge in [0.1, 0.15) is 35.6 Å². The van der Waals surface area contributed by atoms with Crippen LogP contribution in [0.1, 0.15) is 25.6 Å². The molecule has 0 bridgehead atoms. The molecule has 0 radical (unpaired) electrons. The molecule has 0 amide bonds. The standard InChI is InChI=1S/C15H18N4O4/c1-3-4-8-5-19(13-10(8)12(16)17-7-18-13)14-15(2,22)11(21)9(6-20)23-14/h5,7,9,11,14,20-22H,6H2,1-2H3,(H2,16,17,18)/t9-,11-,14-,15-/m1/s1. The zero-order valence-corrected chi connectivity index (χ0v) is 12.8. The molecule has 5 N–H and O–H groups in total. The molecule has 0 aromatic carbocycles. The van der Waals surface area contributed by atoms with Crippen LogP contribution >= 0.6 is 0 Å². The fourth-order valence-corrected chi connectivity index (χ4v) is 2.91. The number of hydrogen-bond acceptors (Lipinski definition) is 7. The van der Waals surface area contributed by atoms with Crippen molar-refractivity contribution < 1.29 is 20.1 Å². The van der Waals surface area contributed by atoms with Gasteiger partial charge >= 0.3 is 0 Å². The smallest absolute Gasteiger partial charge is 0.167 e. The molecular weight excluding hydrogens is 300 g/mol. The van der Waals surface area contributed by atoms with Crippen LogP contribution in [0.4, 0.5) is 5.82 Å². The molecular formula is C15H18N4O4. The summed E-state index contributed by atoms with van der Waals surface area (Å²) in [7, 11) is 0. The van der Waals surface area contributed by atoms with Gasteiger partial charge in [0.2, 0.25) is 0 Å². The van der Waals surface area contributed by atoms with Crippen molar-refractivity contribution in [1.29, 1.82) is 0 Å². The third-order valence-corrected chi connectivity index (χ3v) is 4.09. The van der Waals surface area contributed by atoms with Crippen LogP contribution in [0.15, 0.2) is 12.5 Å². The highest BCUT2D eigenvalue weighted by molar-refractivity contribution is 5.92. The van der Waals surface area contributed by atoms with Gasteiger partial charge in [0.25, 0.3) is 0 Å². The van der Waals surface area contributed by atoms with Gasteiger partial charge in [-0.2, -0.15) is 0 Å². The molecule has 0 spiro atoms. The predicted octanol–water partition coefficient (Wildman–Crippen LogP) is -0.613. The highest BCUT2D eigenvalue weighted by Crippen LogP contribution is 2.40. The first-order valence-corrected chi connectivity index (χ1v) is 7.12. The molecule has 0 aliphatic carbocycles. The molecule has 8 nitrogen and oxygen atoms in total. The van der Waals surface area contributed by atoms with Crippen LogP contribution in [0, 0.1) is 11.8 Å². The average Bonchev–Trinajstić information content (AvgIpc) is 2.97. The summed E-state index contributed by atoms with van der Waals surface area (Å²) in [6, 6.07) is 0. The molecule has 23 heavy (non-hydrogen) atoms. The fraction of sp³-hybridized carbons (Fsp3) is 0.467. The number of hydrogen-bond donors (Lipinski definition) is 4. The molecule has 1 fully saturated rings. The van der Waals surface area contributed by atoms with Crippen molar-refractivity contribution in [2.75, 3.05) is 12.3 Å². The van der Waals surface area contributed by atoms with Gasteiger partial charge in [0, 0.05) is 6.20 Å². The van der Waals surface area contributed by atoms with E-state index in [-0.39, 0.29) is 5.82 Å². The Kier molecular flexibility index (Phi) is 3.74. The number of nitrogens with zero attached hydrogens (tertiary/aromatic N) is 3. The summed E-state index contributed by atoms with van der Waals surface area (Å²) < 4.78 is 7.19. The second-order valence-electron chi connectivity index (χ2n) is 5.66. The predicted molar refractivity (Wildman–Crippen MR) is 82.1 cm³/mol. The van der Waals surface area contributed by atoms with Gasteiger partial charge in [-0.15, -0.1) is 5.92 Å². The van der Waals surface area contributed by atoms with E-state index in [0.29, 0.717) is 16.6 Å². The van der Waals surface area contributed by atoms with Crippen molar-refractivity contribution in [3.63, 3.8) is 0 Å². The normalized spacial score (nSPS) is 30.4. The lowest BCUT2D eigenvalue weighted by molar-refractivity contribution is -0.0948. The van der Waals surface area contributed by atoms with Crippen molar-refractivity contribution in [1.82, 2.24) is 14.5 Å². The van der Waals surface area contributed by atoms with Gasteiger partial charge < -0.3 is 30.4 Å². The minimum absolute atomic E-state index is 0.267. The van der Waals surface area contributed by atoms with Gasteiger partial charge in [-0.3, -0.25) is 0 Å². The Morgan fingerprint density at radius 3 is 2.83 bits per heavy atom. The molecule has 0 saturated carbocycles. The highest BCUT2D eigenvalue weighted by atomic mass is 16.6. The van der Waals surface area contributed by atoms with Crippen molar-refractivity contribution in [3.05, 3.63) is 18.1 Å². The van der Waals surface area contributed by atoms with Crippen molar-refractivity contribution in [2.45, 2.75) is 37.9 Å². The maximum atomic E-state index is 10.6. The molecule has 3 heterocycles. The second-order valence-corrected chi connectivity index (χ2v) is 5.66. The van der Waals surface area contributed by atoms with E-state index in [0.717, 1.165) is 0 Å². The van der Waals surface area contributed by atoms with E-state index < -0.39 is 30.6 Å². The number of nitrogen functional groups attached to an aromatic ring is 1. The largest absolute Gasteiger partial charge is 0.394 e. The topological polar surface area (TPSA) is 127 Å². The Labute approximate surface area is 132 Å². The lowest BCUT2D eigenvalue weighted by Crippen LogP contribution is -2.44. The summed E-state index contributed by atoms with van der Waals surface area (Å²) in [6.45, 7) is 2.72. The number of nitrogens with two attached hydrogens (primary N) is 1. The number of rotatable bonds is 2. The van der Waals surface area contributed by atoms with E-state index >= 15 is 0 Å². The van der Waals surface area contributed by atoms with Gasteiger partial charge in [-0.25, -0.2) is 9.97 Å². The summed E-state index contributed by atoms with van der Waals surface area (Å²) in [6.07, 6.45) is -0.125. The zero-order valence-electron chi connectivity index (χ0n) is 12.8. The lowest BCUT2D eigenvalue weighted by atomic mass is 9.96. The first-order valence-electron chi connectivity index (χ1n) is 7.12. The Bertz CT molecular complexity index is 805. The summed E-state index contributed by atoms with van der Waals surface area (Å²) in [4.78, 5) is 8.17. The molecule has 122 valence electrons. The summed E-state index contributed by atoms with van der Waals surface area (Å²) in [5, 5.41) is 30.6. The minimum atomic E-state index is -1.62. The maximum Gasteiger partial charge on any atom is 0.167 e. The third kappa shape index (κ3) is 2.26. The molecule has 3 rings (SSSR count). The van der Waals surface area contributed by atoms with E-state index in [9.17, 15) is 15.3 Å². The summed E-state index contributed by atoms with van der Waals surface area (Å²) in [5.74, 6) is 5.98. The van der Waals surface area contributed by atoms with E-state index in [1.807, 2.05) is 0 Å². The molecule has 8 heteroatoms. The quantitative estimate of drug-likeness (QED) is 0.544. The Morgan fingerprint density at radius 2 is 2.22 bits per heavy atom. The summed E-state index contributed by atoms with van der Waals surface area (Å²) >= 11 is 0. The van der Waals surface area contributed by atoms with Crippen LogP contribution in [0.25, 0.3) is 11.0 Å². The Morgan fingerprint density at radius 1 is 1.48 bits per heavy atom. The molecule has 4 atom stereocenters. The number of anilines is 1. The lowest BCUT2D eigenvalue weighted by Gasteiger charge is -2.27. The molecule has 1 saturated heterocycles. The van der Waals surface area contributed by atoms with Gasteiger partial charge in [-0.05, 0) is 13.8 Å². The van der Waals surface area contributed by atoms with Crippen LogP contribution in [0.2, 0.25) is 0 Å². The SMILES string of the molecule is CC#Cc1cn([C@@H]2O[C@H](CO)[C@@H](O)[C@@]2(C)O)c2ncnc(N)c12. The molecule has 2 aromatic rings. The number of fused-ring (bicyclic) bond motifs is 1. The number of aliphatic hydroxyl groups is 3. The summed E-state index contributed by atoms with van der Waals surface area (Å²) in [5.41, 5.74) is 5.34. The van der Waals surface area contributed by atoms with Crippen molar-refractivity contribution in [2.24, 2.45) is 0 Å². The van der Waals surface area contributed by atoms with Gasteiger partial charge in [-0.1, -0.05) is 5.92 Å². The number of ether oxygens (including phenoxy) is 1. The fourth-order valence-electron chi connectivity index (χ4n) is 2.91. The first-order chi connectivity index (χ1) is 10.9. The minimum Gasteiger partial charge on any atom is -0.394 e. The zero-order chi connectivity index (χ0) is 16.8. The van der Waals surface area contributed by atoms with Gasteiger partial charge in [0.05, 0.1) is 17.6 Å². The first kappa shape index (κ1) is 15.7. The van der Waals surface area contributed by atoms with Crippen LogP contribution < -0.4 is 5.73 Å². The third-order valence-electron chi connectivity index (χ3n) is 4.09. The van der Waals surface area contributed by atoms with E-state index in [1.54, 1.807) is 17.7 Å². The Hall–Kier alpha value is -2.18. The van der Waals surface area contributed by atoms with Crippen LogP contribution in [0.5, 0.6) is 0 Å². The molecule has 1 aliphatic rings. The molecule has 1 aliphatic heterocycles. The van der Waals surface area contributed by atoms with E-state index in [2.05, 4.69) is 21.8 Å². The van der Waals surface area contributed by atoms with Crippen LogP contribution in [-0.4, -0.2) is 54.3 Å². The van der Waals surface area contributed by atoms with Crippen LogP contribution in [-0.2, 0) is 4.74 Å². The molecule has 0 unspecified atom stereocenters. The van der Waals surface area contributed by atoms with E-state index in [1.165, 1.54) is 13.3 Å². The molecule has 2 aromatic heterocycles. The van der Waals surface area contributed by atoms with Crippen molar-refractivity contribution in [3.8, 4) is 11.8 Å². The van der Waals surface area contributed by atoms with Crippen LogP contribution in [0.3, 0.4) is 0 Å². The van der Waals surface area contributed by atoms with Gasteiger partial charge in [0.15, 0.2) is 6.23 Å². The monoisotopic (exact) mass is 318 g/mol. The second kappa shape index (κ2) is 5.47. The highest BCUT2D eigenvalue weighted by Gasteiger charge is 2.53. The van der Waals surface area contributed by atoms with E-state index in [4.69, 9.17) is 10.5 Å². The maximum absolute atomic E-state index is 10.6. The Balaban J connectivity index is 2.21. The number of aliphatic hydroxyl groups excluding tert-OH is 2.